The van der Waals surface area contributed by atoms with Crippen molar-refractivity contribution < 1.29 is 19.2 Å². The molecule has 0 amide bonds. The van der Waals surface area contributed by atoms with E-state index < -0.39 is 10.3 Å². The molecule has 1 aliphatic rings. The number of hydrogen-bond donors (Lipinski definition) is 0. The van der Waals surface area contributed by atoms with Gasteiger partial charge < -0.3 is 9.47 Å². The van der Waals surface area contributed by atoms with Crippen LogP contribution in [-0.2, 0) is 4.79 Å². The molecule has 2 rings (SSSR count). The van der Waals surface area contributed by atoms with Crippen molar-refractivity contribution in [1.82, 2.24) is 0 Å². The fourth-order valence-corrected chi connectivity index (χ4v) is 2.89. The van der Waals surface area contributed by atoms with Crippen molar-refractivity contribution in [1.29, 1.82) is 0 Å². The first-order valence-corrected chi connectivity index (χ1v) is 7.00. The number of ketones is 1. The Hall–Kier alpha value is -2.11. The summed E-state index contributed by atoms with van der Waals surface area (Å²) >= 11 is 0. The van der Waals surface area contributed by atoms with E-state index in [9.17, 15) is 14.9 Å². The number of benzene rings is 1. The first-order chi connectivity index (χ1) is 9.98. The summed E-state index contributed by atoms with van der Waals surface area (Å²) in [5.41, 5.74) is -0.631. The number of carbonyl (C=O) groups is 1. The zero-order valence-corrected chi connectivity index (χ0v) is 12.4. The summed E-state index contributed by atoms with van der Waals surface area (Å²) in [6.45, 7) is 3.88. The molecule has 1 aromatic carbocycles. The number of ether oxygens (including phenoxy) is 2. The summed E-state index contributed by atoms with van der Waals surface area (Å²) in [5, 5.41) is 11.1. The topological polar surface area (TPSA) is 78.7 Å². The molecule has 1 unspecified atom stereocenters. The van der Waals surface area contributed by atoms with E-state index in [1.807, 2.05) is 13.8 Å². The molecule has 6 nitrogen and oxygen atoms in total. The second-order valence-electron chi connectivity index (χ2n) is 5.19. The van der Waals surface area contributed by atoms with Crippen molar-refractivity contribution >= 4 is 11.5 Å². The van der Waals surface area contributed by atoms with Gasteiger partial charge in [0.05, 0.1) is 17.4 Å². The minimum Gasteiger partial charge on any atom is -0.497 e. The summed E-state index contributed by atoms with van der Waals surface area (Å²) in [6.07, 6.45) is 1.33. The molecule has 0 aliphatic heterocycles. The molecule has 0 bridgehead atoms. The molecule has 0 spiro atoms. The van der Waals surface area contributed by atoms with Crippen LogP contribution in [0.4, 0.5) is 5.69 Å². The Kier molecular flexibility index (Phi) is 4.16. The molecule has 0 radical (unpaired) electrons. The Morgan fingerprint density at radius 3 is 2.52 bits per heavy atom. The van der Waals surface area contributed by atoms with Gasteiger partial charge in [-0.25, -0.2) is 0 Å². The van der Waals surface area contributed by atoms with Gasteiger partial charge in [0.1, 0.15) is 17.6 Å². The first kappa shape index (κ1) is 15.3. The lowest BCUT2D eigenvalue weighted by molar-refractivity contribution is -0.386. The maximum absolute atomic E-state index is 11.9. The average Bonchev–Trinajstić information content (AvgIpc) is 2.47. The number of nitrogens with zero attached hydrogens (tertiary/aromatic N) is 1. The summed E-state index contributed by atoms with van der Waals surface area (Å²) in [7, 11) is 1.49. The Morgan fingerprint density at radius 2 is 2.05 bits per heavy atom. The Labute approximate surface area is 123 Å². The lowest BCUT2D eigenvalue weighted by atomic mass is 9.61. The van der Waals surface area contributed by atoms with Crippen molar-refractivity contribution in [2.75, 3.05) is 7.11 Å². The number of carbonyl (C=O) groups excluding carboxylic acids is 1. The van der Waals surface area contributed by atoms with Gasteiger partial charge in [0.15, 0.2) is 0 Å². The van der Waals surface area contributed by atoms with Crippen LogP contribution < -0.4 is 9.47 Å². The highest BCUT2D eigenvalue weighted by Crippen LogP contribution is 2.47. The van der Waals surface area contributed by atoms with Gasteiger partial charge in [-0.05, 0) is 18.9 Å². The van der Waals surface area contributed by atoms with E-state index in [1.165, 1.54) is 25.3 Å². The van der Waals surface area contributed by atoms with Crippen LogP contribution in [0.5, 0.6) is 11.5 Å². The third-order valence-corrected chi connectivity index (χ3v) is 4.44. The smallest absolute Gasteiger partial charge is 0.311 e. The molecule has 1 saturated carbocycles. The van der Waals surface area contributed by atoms with Crippen molar-refractivity contribution in [3.63, 3.8) is 0 Å². The summed E-state index contributed by atoms with van der Waals surface area (Å²) in [4.78, 5) is 22.5. The quantitative estimate of drug-likeness (QED) is 0.594. The molecule has 0 heterocycles. The second kappa shape index (κ2) is 5.71. The lowest BCUT2D eigenvalue weighted by Gasteiger charge is -2.46. The van der Waals surface area contributed by atoms with Crippen molar-refractivity contribution in [2.45, 2.75) is 39.2 Å². The molecule has 1 aromatic rings. The van der Waals surface area contributed by atoms with Crippen LogP contribution in [0.3, 0.4) is 0 Å². The van der Waals surface area contributed by atoms with Crippen LogP contribution in [0.1, 0.15) is 33.1 Å². The highest BCUT2D eigenvalue weighted by Gasteiger charge is 2.54. The van der Waals surface area contributed by atoms with Gasteiger partial charge in [-0.2, -0.15) is 0 Å². The van der Waals surface area contributed by atoms with Crippen LogP contribution in [-0.4, -0.2) is 23.9 Å². The molecule has 0 N–H and O–H groups in total. The Bertz CT molecular complexity index is 565. The highest BCUT2D eigenvalue weighted by molar-refractivity contribution is 5.92. The molecule has 21 heavy (non-hydrogen) atoms. The van der Waals surface area contributed by atoms with Gasteiger partial charge in [0.2, 0.25) is 5.75 Å². The van der Waals surface area contributed by atoms with E-state index in [0.717, 1.165) is 0 Å². The van der Waals surface area contributed by atoms with Crippen LogP contribution in [0.2, 0.25) is 0 Å². The zero-order chi connectivity index (χ0) is 15.6. The second-order valence-corrected chi connectivity index (χ2v) is 5.19. The maximum atomic E-state index is 11.9. The van der Waals surface area contributed by atoms with Crippen molar-refractivity contribution in [3.8, 4) is 11.5 Å². The molecule has 1 atom stereocenters. The zero-order valence-electron chi connectivity index (χ0n) is 12.4. The predicted octanol–water partition coefficient (Wildman–Crippen LogP) is 3.13. The number of methoxy groups -OCH3 is 1. The molecular weight excluding hydrogens is 274 g/mol. The molecule has 6 heteroatoms. The lowest BCUT2D eigenvalue weighted by Crippen LogP contribution is -2.56. The fourth-order valence-electron chi connectivity index (χ4n) is 2.89. The minimum atomic E-state index is -0.517. The van der Waals surface area contributed by atoms with Crippen LogP contribution in [0, 0.1) is 15.5 Å². The summed E-state index contributed by atoms with van der Waals surface area (Å²) < 4.78 is 10.9. The standard InChI is InChI=1S/C15H19NO5/c1-4-15(5-2)13(17)9-14(15)21-12-8-10(20-3)6-7-11(12)16(18)19/h6-8,14H,4-5,9H2,1-3H3. The van der Waals surface area contributed by atoms with Crippen LogP contribution in [0.15, 0.2) is 18.2 Å². The molecule has 0 aromatic heterocycles. The number of hydrogen-bond acceptors (Lipinski definition) is 5. The summed E-state index contributed by atoms with van der Waals surface area (Å²) in [6, 6.07) is 4.37. The number of nitro benzene ring substituents is 1. The van der Waals surface area contributed by atoms with E-state index in [4.69, 9.17) is 9.47 Å². The van der Waals surface area contributed by atoms with Gasteiger partial charge >= 0.3 is 5.69 Å². The van der Waals surface area contributed by atoms with E-state index >= 15 is 0 Å². The van der Waals surface area contributed by atoms with Gasteiger partial charge in [0.25, 0.3) is 0 Å². The Morgan fingerprint density at radius 1 is 1.38 bits per heavy atom. The van der Waals surface area contributed by atoms with E-state index in [0.29, 0.717) is 25.0 Å². The van der Waals surface area contributed by atoms with E-state index in [2.05, 4.69) is 0 Å². The van der Waals surface area contributed by atoms with Gasteiger partial charge in [0, 0.05) is 18.6 Å². The summed E-state index contributed by atoms with van der Waals surface area (Å²) in [5.74, 6) is 0.811. The number of nitro groups is 1. The molecule has 114 valence electrons. The average molecular weight is 293 g/mol. The van der Waals surface area contributed by atoms with Gasteiger partial charge in [-0.3, -0.25) is 14.9 Å². The number of rotatable bonds is 6. The van der Waals surface area contributed by atoms with Crippen LogP contribution >= 0.6 is 0 Å². The molecule has 0 saturated heterocycles. The first-order valence-electron chi connectivity index (χ1n) is 7.00. The third-order valence-electron chi connectivity index (χ3n) is 4.44. The number of Topliss-reactive ketones (excluding diaryl/α,β-unsaturated/α-hetero) is 1. The van der Waals surface area contributed by atoms with E-state index in [-0.39, 0.29) is 23.3 Å². The molecule has 1 fully saturated rings. The predicted molar refractivity (Wildman–Crippen MR) is 76.7 cm³/mol. The fraction of sp³-hybridized carbons (Fsp3) is 0.533. The highest BCUT2D eigenvalue weighted by atomic mass is 16.6. The van der Waals surface area contributed by atoms with E-state index in [1.54, 1.807) is 0 Å². The molecular formula is C15H19NO5. The largest absolute Gasteiger partial charge is 0.497 e. The third kappa shape index (κ3) is 2.46. The van der Waals surface area contributed by atoms with Crippen molar-refractivity contribution in [2.24, 2.45) is 5.41 Å². The normalized spacial score (nSPS) is 19.8. The van der Waals surface area contributed by atoms with Crippen LogP contribution in [0.25, 0.3) is 0 Å². The SMILES string of the molecule is CCC1(CC)C(=O)CC1Oc1cc(OC)ccc1[N+](=O)[O-]. The maximum Gasteiger partial charge on any atom is 0.311 e. The van der Waals surface area contributed by atoms with Crippen molar-refractivity contribution in [3.05, 3.63) is 28.3 Å². The molecule has 1 aliphatic carbocycles. The van der Waals surface area contributed by atoms with Gasteiger partial charge in [-0.1, -0.05) is 13.8 Å². The Balaban J connectivity index is 2.31. The van der Waals surface area contributed by atoms with Gasteiger partial charge in [-0.15, -0.1) is 0 Å². The monoisotopic (exact) mass is 293 g/mol. The minimum absolute atomic E-state index is 0.115.